The largest absolute Gasteiger partial charge is 0.454 e. The number of nitrogens with zero attached hydrogens (tertiary/aromatic N) is 3. The quantitative estimate of drug-likeness (QED) is 0.551. The molecule has 0 bridgehead atoms. The first-order valence-corrected chi connectivity index (χ1v) is 8.81. The van der Waals surface area contributed by atoms with Gasteiger partial charge in [-0.15, -0.1) is 0 Å². The lowest BCUT2D eigenvalue weighted by Crippen LogP contribution is -2.15. The molecule has 0 radical (unpaired) electrons. The summed E-state index contributed by atoms with van der Waals surface area (Å²) < 4.78 is 12.1. The Morgan fingerprint density at radius 2 is 1.86 bits per heavy atom. The normalized spacial score (nSPS) is 12.4. The topological polar surface area (TPSA) is 125 Å². The van der Waals surface area contributed by atoms with Crippen molar-refractivity contribution in [3.8, 4) is 28.6 Å². The lowest BCUT2D eigenvalue weighted by atomic mass is 10.1. The van der Waals surface area contributed by atoms with E-state index in [9.17, 15) is 9.59 Å². The summed E-state index contributed by atoms with van der Waals surface area (Å²) in [6.45, 7) is 2.08. The Morgan fingerprint density at radius 3 is 2.62 bits per heavy atom. The maximum atomic E-state index is 12.7. The van der Waals surface area contributed by atoms with Crippen molar-refractivity contribution < 1.29 is 14.3 Å². The second-order valence-corrected chi connectivity index (χ2v) is 6.63. The number of nitrogens with one attached hydrogen (secondary N) is 1. The summed E-state index contributed by atoms with van der Waals surface area (Å²) in [5.74, 6) is 0.644. The van der Waals surface area contributed by atoms with Gasteiger partial charge in [-0.25, -0.2) is 19.3 Å². The number of imidazole rings is 1. The molecule has 0 unspecified atom stereocenters. The van der Waals surface area contributed by atoms with Crippen LogP contribution in [-0.4, -0.2) is 32.2 Å². The third-order valence-electron chi connectivity index (χ3n) is 4.69. The van der Waals surface area contributed by atoms with E-state index in [1.54, 1.807) is 18.2 Å². The minimum Gasteiger partial charge on any atom is -0.454 e. The molecule has 0 atom stereocenters. The number of fused-ring (bicyclic) bond motifs is 2. The van der Waals surface area contributed by atoms with Gasteiger partial charge in [0, 0.05) is 11.6 Å². The lowest BCUT2D eigenvalue weighted by molar-refractivity contribution is 0.0997. The molecular formula is C20H15N5O4. The van der Waals surface area contributed by atoms with Crippen LogP contribution < -0.4 is 20.9 Å². The van der Waals surface area contributed by atoms with Crippen molar-refractivity contribution >= 4 is 17.1 Å². The average molecular weight is 389 g/mol. The molecule has 0 saturated carbocycles. The highest BCUT2D eigenvalue weighted by Gasteiger charge is 2.22. The van der Waals surface area contributed by atoms with Crippen LogP contribution in [0.3, 0.4) is 0 Å². The monoisotopic (exact) mass is 389 g/mol. The highest BCUT2D eigenvalue weighted by atomic mass is 16.7. The van der Waals surface area contributed by atoms with Crippen LogP contribution >= 0.6 is 0 Å². The van der Waals surface area contributed by atoms with Gasteiger partial charge in [0.05, 0.1) is 5.69 Å². The molecule has 1 aliphatic heterocycles. The Labute approximate surface area is 163 Å². The van der Waals surface area contributed by atoms with E-state index in [1.165, 1.54) is 4.57 Å². The number of ether oxygens (including phenoxy) is 2. The van der Waals surface area contributed by atoms with E-state index in [4.69, 9.17) is 15.2 Å². The predicted octanol–water partition coefficient (Wildman–Crippen LogP) is 1.91. The number of aromatic amines is 1. The molecule has 9 heteroatoms. The van der Waals surface area contributed by atoms with Crippen molar-refractivity contribution in [2.45, 2.75) is 6.92 Å². The molecular weight excluding hydrogens is 374 g/mol. The van der Waals surface area contributed by atoms with Gasteiger partial charge in [0.15, 0.2) is 28.7 Å². The van der Waals surface area contributed by atoms with Crippen molar-refractivity contribution in [3.63, 3.8) is 0 Å². The second kappa shape index (κ2) is 6.20. The second-order valence-electron chi connectivity index (χ2n) is 6.63. The number of H-pyrrole nitrogens is 1. The van der Waals surface area contributed by atoms with Crippen molar-refractivity contribution in [1.82, 2.24) is 19.5 Å². The summed E-state index contributed by atoms with van der Waals surface area (Å²) >= 11 is 0. The van der Waals surface area contributed by atoms with E-state index in [1.807, 2.05) is 31.2 Å². The first kappa shape index (κ1) is 17.0. The number of hydrogen-bond acceptors (Lipinski definition) is 6. The first-order valence-electron chi connectivity index (χ1n) is 8.81. The van der Waals surface area contributed by atoms with Gasteiger partial charge in [-0.3, -0.25) is 4.79 Å². The number of carbonyl (C=O) groups excluding carboxylic acids is 1. The molecule has 0 fully saturated rings. The molecule has 9 nitrogen and oxygen atoms in total. The number of benzene rings is 2. The van der Waals surface area contributed by atoms with Crippen LogP contribution in [0.1, 0.15) is 16.1 Å². The van der Waals surface area contributed by atoms with Crippen LogP contribution in [0.4, 0.5) is 0 Å². The van der Waals surface area contributed by atoms with Crippen LogP contribution in [0.15, 0.2) is 47.3 Å². The number of aryl methyl sites for hydroxylation is 1. The fourth-order valence-corrected chi connectivity index (χ4v) is 3.26. The minimum atomic E-state index is -0.759. The van der Waals surface area contributed by atoms with Crippen molar-refractivity contribution in [2.24, 2.45) is 5.73 Å². The molecule has 2 aromatic carbocycles. The zero-order valence-electron chi connectivity index (χ0n) is 15.3. The van der Waals surface area contributed by atoms with Gasteiger partial charge >= 0.3 is 5.69 Å². The first-order chi connectivity index (χ1) is 14.0. The van der Waals surface area contributed by atoms with Crippen molar-refractivity contribution in [1.29, 1.82) is 0 Å². The summed E-state index contributed by atoms with van der Waals surface area (Å²) in [6, 6.07) is 12.6. The van der Waals surface area contributed by atoms with Gasteiger partial charge in [0.25, 0.3) is 5.91 Å². The molecule has 144 valence electrons. The molecule has 1 amide bonds. The Bertz CT molecular complexity index is 1340. The average Bonchev–Trinajstić information content (AvgIpc) is 3.30. The molecule has 1 aliphatic rings. The van der Waals surface area contributed by atoms with Crippen molar-refractivity contribution in [2.75, 3.05) is 6.79 Å². The number of aromatic nitrogens is 4. The molecule has 0 spiro atoms. The molecule has 2 aromatic heterocycles. The van der Waals surface area contributed by atoms with Gasteiger partial charge in [0.2, 0.25) is 6.79 Å². The maximum Gasteiger partial charge on any atom is 0.332 e. The highest BCUT2D eigenvalue weighted by Crippen LogP contribution is 2.34. The van der Waals surface area contributed by atoms with E-state index in [0.717, 1.165) is 5.56 Å². The van der Waals surface area contributed by atoms with Gasteiger partial charge in [-0.1, -0.05) is 29.8 Å². The minimum absolute atomic E-state index is 0.0535. The van der Waals surface area contributed by atoms with Gasteiger partial charge in [-0.05, 0) is 19.1 Å². The number of nitrogens with two attached hydrogens (primary N) is 1. The third kappa shape index (κ3) is 2.71. The third-order valence-corrected chi connectivity index (χ3v) is 4.69. The number of carbonyl (C=O) groups is 1. The van der Waals surface area contributed by atoms with E-state index in [2.05, 4.69) is 15.0 Å². The van der Waals surface area contributed by atoms with Crippen LogP contribution in [0.5, 0.6) is 11.5 Å². The summed E-state index contributed by atoms with van der Waals surface area (Å²) in [5, 5.41) is 0. The molecule has 0 saturated heterocycles. The zero-order valence-corrected chi connectivity index (χ0v) is 15.3. The van der Waals surface area contributed by atoms with Crippen LogP contribution in [-0.2, 0) is 0 Å². The summed E-state index contributed by atoms with van der Waals surface area (Å²) in [5.41, 5.74) is 7.70. The maximum absolute atomic E-state index is 12.7. The number of primary amides is 1. The Morgan fingerprint density at radius 1 is 1.10 bits per heavy atom. The van der Waals surface area contributed by atoms with Crippen LogP contribution in [0.2, 0.25) is 0 Å². The lowest BCUT2D eigenvalue weighted by Gasteiger charge is -2.07. The zero-order chi connectivity index (χ0) is 20.1. The predicted molar refractivity (Wildman–Crippen MR) is 104 cm³/mol. The van der Waals surface area contributed by atoms with E-state index in [0.29, 0.717) is 28.6 Å². The van der Waals surface area contributed by atoms with Gasteiger partial charge in [0.1, 0.15) is 5.52 Å². The van der Waals surface area contributed by atoms with Crippen LogP contribution in [0, 0.1) is 6.92 Å². The van der Waals surface area contributed by atoms with E-state index < -0.39 is 11.6 Å². The highest BCUT2D eigenvalue weighted by molar-refractivity contribution is 6.02. The van der Waals surface area contributed by atoms with Gasteiger partial charge < -0.3 is 20.2 Å². The Balaban J connectivity index is 1.79. The fraction of sp³-hybridized carbons (Fsp3) is 0.100. The molecule has 3 N–H and O–H groups in total. The number of rotatable bonds is 3. The number of amides is 1. The van der Waals surface area contributed by atoms with Crippen molar-refractivity contribution in [3.05, 3.63) is 64.2 Å². The standard InChI is InChI=1S/C20H15N5O4/c1-10-2-4-11(5-3-10)18-22-15(17(21)26)16-19(24-18)25(20(27)23-16)12-6-7-13-14(8-12)29-9-28-13/h2-8H,9H2,1H3,(H2,21,26)(H,23,27). The fourth-order valence-electron chi connectivity index (χ4n) is 3.26. The summed E-state index contributed by atoms with van der Waals surface area (Å²) in [7, 11) is 0. The molecule has 3 heterocycles. The molecule has 0 aliphatic carbocycles. The Kier molecular flexibility index (Phi) is 3.63. The Hall–Kier alpha value is -4.14. The smallest absolute Gasteiger partial charge is 0.332 e. The van der Waals surface area contributed by atoms with E-state index >= 15 is 0 Å². The molecule has 5 rings (SSSR count). The summed E-state index contributed by atoms with van der Waals surface area (Å²) in [4.78, 5) is 36.2. The summed E-state index contributed by atoms with van der Waals surface area (Å²) in [6.07, 6.45) is 0. The SMILES string of the molecule is Cc1ccc(-c2nc(C(N)=O)c3[nH]c(=O)n(-c4ccc5c(c4)OCO5)c3n2)cc1. The van der Waals surface area contributed by atoms with E-state index in [-0.39, 0.29) is 23.7 Å². The number of hydrogen-bond donors (Lipinski definition) is 2. The van der Waals surface area contributed by atoms with Crippen LogP contribution in [0.25, 0.3) is 28.2 Å². The van der Waals surface area contributed by atoms with Gasteiger partial charge in [-0.2, -0.15) is 0 Å². The molecule has 29 heavy (non-hydrogen) atoms. The molecule has 4 aromatic rings.